The maximum Gasteiger partial charge on any atom is 0.408 e. The molecule has 0 radical (unpaired) electrons. The number of rotatable bonds is 11. The van der Waals surface area contributed by atoms with E-state index in [9.17, 15) is 19.5 Å². The average molecular weight is 574 g/mol. The third-order valence-electron chi connectivity index (χ3n) is 7.05. The van der Waals surface area contributed by atoms with Crippen LogP contribution in [0.3, 0.4) is 0 Å². The zero-order valence-electron chi connectivity index (χ0n) is 25.4. The highest BCUT2D eigenvalue weighted by atomic mass is 16.6. The molecule has 3 aromatic rings. The minimum atomic E-state index is -1.05. The van der Waals surface area contributed by atoms with E-state index in [-0.39, 0.29) is 24.6 Å². The van der Waals surface area contributed by atoms with Crippen LogP contribution in [0.25, 0.3) is 0 Å². The molecule has 3 rings (SSSR count). The van der Waals surface area contributed by atoms with Crippen LogP contribution < -0.4 is 10.6 Å². The van der Waals surface area contributed by atoms with Crippen molar-refractivity contribution >= 4 is 17.9 Å². The fourth-order valence-electron chi connectivity index (χ4n) is 4.57. The van der Waals surface area contributed by atoms with E-state index in [1.54, 1.807) is 37.8 Å². The van der Waals surface area contributed by atoms with Crippen LogP contribution in [0.2, 0.25) is 0 Å². The zero-order valence-corrected chi connectivity index (χ0v) is 25.4. The number of amides is 3. The smallest absolute Gasteiger partial charge is 0.408 e. The molecule has 0 aliphatic carbocycles. The van der Waals surface area contributed by atoms with Gasteiger partial charge >= 0.3 is 6.09 Å². The van der Waals surface area contributed by atoms with E-state index >= 15 is 0 Å². The molecule has 0 aliphatic heterocycles. The monoisotopic (exact) mass is 573 g/mol. The number of carbonyl (C=O) groups excluding carboxylic acids is 3. The number of alkyl carbamates (subject to hydrolysis) is 1. The van der Waals surface area contributed by atoms with Crippen molar-refractivity contribution in [3.05, 3.63) is 102 Å². The number of hydrogen-bond donors (Lipinski definition) is 3. The van der Waals surface area contributed by atoms with Gasteiger partial charge in [-0.25, -0.2) is 4.79 Å². The lowest BCUT2D eigenvalue weighted by Crippen LogP contribution is -2.59. The summed E-state index contributed by atoms with van der Waals surface area (Å²) in [4.78, 5) is 43.2. The van der Waals surface area contributed by atoms with E-state index in [1.165, 1.54) is 12.1 Å². The summed E-state index contributed by atoms with van der Waals surface area (Å²) in [6, 6.07) is 23.1. The highest BCUT2D eigenvalue weighted by Crippen LogP contribution is 2.33. The molecule has 0 bridgehead atoms. The Morgan fingerprint density at radius 3 is 1.90 bits per heavy atom. The first-order valence-electron chi connectivity index (χ1n) is 14.3. The van der Waals surface area contributed by atoms with Crippen LogP contribution in [0.1, 0.15) is 70.7 Å². The lowest BCUT2D eigenvalue weighted by atomic mass is 9.91. The summed E-state index contributed by atoms with van der Waals surface area (Å²) >= 11 is 0. The van der Waals surface area contributed by atoms with Crippen LogP contribution in [0.5, 0.6) is 5.75 Å². The minimum absolute atomic E-state index is 0.0448. The molecule has 8 nitrogen and oxygen atoms in total. The summed E-state index contributed by atoms with van der Waals surface area (Å²) in [5, 5.41) is 15.8. The molecule has 3 N–H and O–H groups in total. The van der Waals surface area contributed by atoms with Crippen LogP contribution in [-0.2, 0) is 27.3 Å². The normalized spacial score (nSPS) is 13.0. The molecule has 0 spiro atoms. The predicted molar refractivity (Wildman–Crippen MR) is 164 cm³/mol. The van der Waals surface area contributed by atoms with Gasteiger partial charge in [-0.2, -0.15) is 0 Å². The quantitative estimate of drug-likeness (QED) is 0.265. The molecule has 3 aromatic carbocycles. The molecule has 8 heteroatoms. The number of aromatic hydroxyl groups is 1. The van der Waals surface area contributed by atoms with Crippen molar-refractivity contribution in [1.82, 2.24) is 15.5 Å². The maximum atomic E-state index is 14.6. The largest absolute Gasteiger partial charge is 0.508 e. The average Bonchev–Trinajstić information content (AvgIpc) is 2.94. The van der Waals surface area contributed by atoms with Crippen LogP contribution >= 0.6 is 0 Å². The Balaban J connectivity index is 2.07. The van der Waals surface area contributed by atoms with Gasteiger partial charge in [0.15, 0.2) is 0 Å². The lowest BCUT2D eigenvalue weighted by Gasteiger charge is -2.44. The van der Waals surface area contributed by atoms with Crippen LogP contribution in [0.4, 0.5) is 4.79 Å². The van der Waals surface area contributed by atoms with Crippen LogP contribution in [0, 0.1) is 0 Å². The van der Waals surface area contributed by atoms with E-state index < -0.39 is 35.2 Å². The van der Waals surface area contributed by atoms with Gasteiger partial charge in [0.1, 0.15) is 23.4 Å². The van der Waals surface area contributed by atoms with Gasteiger partial charge in [-0.3, -0.25) is 9.59 Å². The van der Waals surface area contributed by atoms with Crippen molar-refractivity contribution in [2.75, 3.05) is 0 Å². The van der Waals surface area contributed by atoms with Crippen LogP contribution in [-0.4, -0.2) is 45.1 Å². The number of ether oxygens (including phenoxy) is 1. The molecule has 224 valence electrons. The summed E-state index contributed by atoms with van der Waals surface area (Å²) in [6.45, 7) is 11.3. The van der Waals surface area contributed by atoms with Gasteiger partial charge in [0.05, 0.1) is 0 Å². The molecular formula is C34H43N3O5. The van der Waals surface area contributed by atoms with Crippen molar-refractivity contribution in [3.63, 3.8) is 0 Å². The van der Waals surface area contributed by atoms with Crippen molar-refractivity contribution < 1.29 is 24.2 Å². The summed E-state index contributed by atoms with van der Waals surface area (Å²) < 4.78 is 5.51. The Morgan fingerprint density at radius 2 is 1.38 bits per heavy atom. The zero-order chi connectivity index (χ0) is 30.9. The van der Waals surface area contributed by atoms with Crippen molar-refractivity contribution in [1.29, 1.82) is 0 Å². The van der Waals surface area contributed by atoms with Gasteiger partial charge in [0, 0.05) is 18.5 Å². The molecule has 2 atom stereocenters. The highest BCUT2D eigenvalue weighted by molar-refractivity contribution is 5.93. The number of benzene rings is 3. The first-order chi connectivity index (χ1) is 19.8. The first-order valence-corrected chi connectivity index (χ1v) is 14.3. The number of carbonyl (C=O) groups is 3. The third kappa shape index (κ3) is 9.09. The third-order valence-corrected chi connectivity index (χ3v) is 7.05. The van der Waals surface area contributed by atoms with E-state index in [4.69, 9.17) is 4.74 Å². The summed E-state index contributed by atoms with van der Waals surface area (Å²) in [5.74, 6) is -0.761. The Morgan fingerprint density at radius 1 is 0.833 bits per heavy atom. The Labute approximate surface area is 249 Å². The van der Waals surface area contributed by atoms with Crippen molar-refractivity contribution in [2.24, 2.45) is 0 Å². The Hall–Kier alpha value is -4.33. The van der Waals surface area contributed by atoms with E-state index in [0.717, 1.165) is 11.1 Å². The van der Waals surface area contributed by atoms with Crippen molar-refractivity contribution in [2.45, 2.75) is 84.2 Å². The molecule has 42 heavy (non-hydrogen) atoms. The van der Waals surface area contributed by atoms with E-state index in [1.807, 2.05) is 81.4 Å². The summed E-state index contributed by atoms with van der Waals surface area (Å²) in [7, 11) is 0. The second kappa shape index (κ2) is 14.0. The molecular weight excluding hydrogens is 530 g/mol. The van der Waals surface area contributed by atoms with Gasteiger partial charge in [-0.05, 0) is 69.9 Å². The molecule has 0 saturated heterocycles. The van der Waals surface area contributed by atoms with Gasteiger partial charge in [0.2, 0.25) is 11.8 Å². The predicted octanol–water partition coefficient (Wildman–Crippen LogP) is 5.90. The standard InChI is InChI=1S/C34H43N3O5/c1-7-34(5,6)37(31(40)28(22-24-14-10-8-11-15-24)36-32(41)42-33(2,3)4)29(26-18-20-27(38)21-19-26)30(39)35-23-25-16-12-9-13-17-25/h8-21,28-29,38H,7,22-23H2,1-6H3,(H,35,39)(H,36,41). The summed E-state index contributed by atoms with van der Waals surface area (Å²) in [5.41, 5.74) is 0.726. The number of phenols is 1. The molecule has 0 aromatic heterocycles. The first kappa shape index (κ1) is 32.2. The molecule has 2 unspecified atom stereocenters. The lowest BCUT2D eigenvalue weighted by molar-refractivity contribution is -0.149. The molecule has 0 fully saturated rings. The van der Waals surface area contributed by atoms with Crippen LogP contribution in [0.15, 0.2) is 84.9 Å². The number of phenolic OH excluding ortho intramolecular Hbond substituents is 1. The maximum absolute atomic E-state index is 14.6. The number of nitrogens with one attached hydrogen (secondary N) is 2. The SMILES string of the molecule is CCC(C)(C)N(C(=O)C(Cc1ccccc1)NC(=O)OC(C)(C)C)C(C(=O)NCc1ccccc1)c1ccc(O)cc1. The van der Waals surface area contributed by atoms with Gasteiger partial charge in [-0.15, -0.1) is 0 Å². The van der Waals surface area contributed by atoms with E-state index in [2.05, 4.69) is 10.6 Å². The number of nitrogens with zero attached hydrogens (tertiary/aromatic N) is 1. The molecule has 0 saturated carbocycles. The van der Waals surface area contributed by atoms with Gasteiger partial charge in [-0.1, -0.05) is 79.7 Å². The molecule has 3 amide bonds. The van der Waals surface area contributed by atoms with E-state index in [0.29, 0.717) is 12.0 Å². The Kier molecular flexibility index (Phi) is 10.8. The second-order valence-corrected chi connectivity index (χ2v) is 12.0. The number of hydrogen-bond acceptors (Lipinski definition) is 5. The highest BCUT2D eigenvalue weighted by Gasteiger charge is 2.43. The summed E-state index contributed by atoms with van der Waals surface area (Å²) in [6.07, 6.45) is 0.00756. The molecule has 0 heterocycles. The van der Waals surface area contributed by atoms with Gasteiger partial charge < -0.3 is 25.4 Å². The molecule has 0 aliphatic rings. The fourth-order valence-corrected chi connectivity index (χ4v) is 4.57. The Bertz CT molecular complexity index is 1320. The second-order valence-electron chi connectivity index (χ2n) is 12.0. The topological polar surface area (TPSA) is 108 Å². The minimum Gasteiger partial charge on any atom is -0.508 e. The van der Waals surface area contributed by atoms with Gasteiger partial charge in [0.25, 0.3) is 0 Å². The fraction of sp³-hybridized carbons (Fsp3) is 0.382. The van der Waals surface area contributed by atoms with Crippen molar-refractivity contribution in [3.8, 4) is 5.75 Å².